The van der Waals surface area contributed by atoms with Crippen molar-refractivity contribution >= 4 is 21.7 Å². The van der Waals surface area contributed by atoms with E-state index in [2.05, 4.69) is 74.3 Å². The zero-order chi connectivity index (χ0) is 20.4. The van der Waals surface area contributed by atoms with Gasteiger partial charge in [-0.15, -0.1) is 0 Å². The Morgan fingerprint density at radius 3 is 2.62 bits per heavy atom. The van der Waals surface area contributed by atoms with Crippen molar-refractivity contribution in [2.75, 3.05) is 6.54 Å². The van der Waals surface area contributed by atoms with Gasteiger partial charge in [0.05, 0.1) is 6.04 Å². The van der Waals surface area contributed by atoms with Crippen LogP contribution in [0.5, 0.6) is 0 Å². The molecule has 1 aliphatic rings. The first-order valence-electron chi connectivity index (χ1n) is 10.1. The molecule has 3 nitrogen and oxygen atoms in total. The maximum atomic E-state index is 12.9. The van der Waals surface area contributed by atoms with Crippen molar-refractivity contribution in [1.82, 2.24) is 9.88 Å². The molecule has 29 heavy (non-hydrogen) atoms. The molecule has 0 saturated carbocycles. The number of hydrogen-bond donors (Lipinski definition) is 0. The second-order valence-electron chi connectivity index (χ2n) is 7.84. The number of Topliss-reactive ketones (excluding diaryl/α,β-unsaturated/α-hetero) is 1. The standard InChI is InChI=1S/C25H25BrN2O/c1-17-13-22(9-11-27-17)20-5-3-19(4-6-20)14-25(29)18(2)28-12-10-21-7-8-24(26)15-23(21)16-28/h3-9,11,13,15,18H,10,12,14,16H2,1-2H3. The molecule has 0 saturated heterocycles. The zero-order valence-corrected chi connectivity index (χ0v) is 18.4. The summed E-state index contributed by atoms with van der Waals surface area (Å²) in [6, 6.07) is 18.8. The Morgan fingerprint density at radius 1 is 1.07 bits per heavy atom. The van der Waals surface area contributed by atoms with Crippen LogP contribution in [0.15, 0.2) is 65.3 Å². The lowest BCUT2D eigenvalue weighted by Crippen LogP contribution is -2.42. The molecule has 0 spiro atoms. The van der Waals surface area contributed by atoms with Crippen molar-refractivity contribution in [3.63, 3.8) is 0 Å². The van der Waals surface area contributed by atoms with Crippen molar-refractivity contribution in [2.45, 2.75) is 39.3 Å². The van der Waals surface area contributed by atoms with Crippen LogP contribution in [0.2, 0.25) is 0 Å². The highest BCUT2D eigenvalue weighted by molar-refractivity contribution is 9.10. The number of carbonyl (C=O) groups is 1. The summed E-state index contributed by atoms with van der Waals surface area (Å²) in [5, 5.41) is 0. The van der Waals surface area contributed by atoms with Gasteiger partial charge in [-0.2, -0.15) is 0 Å². The van der Waals surface area contributed by atoms with Crippen LogP contribution < -0.4 is 0 Å². The van der Waals surface area contributed by atoms with Crippen LogP contribution >= 0.6 is 15.9 Å². The fourth-order valence-electron chi connectivity index (χ4n) is 3.97. The lowest BCUT2D eigenvalue weighted by Gasteiger charge is -2.33. The van der Waals surface area contributed by atoms with E-state index >= 15 is 0 Å². The Morgan fingerprint density at radius 2 is 1.86 bits per heavy atom. The molecule has 0 bridgehead atoms. The van der Waals surface area contributed by atoms with Crippen LogP contribution in [0.3, 0.4) is 0 Å². The first-order valence-corrected chi connectivity index (χ1v) is 10.8. The Balaban J connectivity index is 1.41. The second kappa shape index (κ2) is 8.60. The molecule has 4 heteroatoms. The van der Waals surface area contributed by atoms with Crippen molar-refractivity contribution < 1.29 is 4.79 Å². The van der Waals surface area contributed by atoms with Crippen LogP contribution in [-0.2, 0) is 24.2 Å². The van der Waals surface area contributed by atoms with Crippen LogP contribution in [0.4, 0.5) is 0 Å². The number of aryl methyl sites for hydroxylation is 1. The molecule has 0 aliphatic carbocycles. The Hall–Kier alpha value is -2.30. The van der Waals surface area contributed by atoms with E-state index in [0.29, 0.717) is 6.42 Å². The normalized spacial score (nSPS) is 15.0. The molecule has 2 aromatic carbocycles. The SMILES string of the molecule is Cc1cc(-c2ccc(CC(=O)C(C)N3CCc4ccc(Br)cc4C3)cc2)ccn1. The Bertz CT molecular complexity index is 1030. The highest BCUT2D eigenvalue weighted by Crippen LogP contribution is 2.25. The number of aromatic nitrogens is 1. The van der Waals surface area contributed by atoms with Crippen molar-refractivity contribution in [3.05, 3.63) is 87.7 Å². The largest absolute Gasteiger partial charge is 0.298 e. The number of pyridine rings is 1. The van der Waals surface area contributed by atoms with Crippen LogP contribution in [-0.4, -0.2) is 28.3 Å². The van der Waals surface area contributed by atoms with Gasteiger partial charge in [0.2, 0.25) is 0 Å². The third-order valence-electron chi connectivity index (χ3n) is 5.79. The highest BCUT2D eigenvalue weighted by atomic mass is 79.9. The summed E-state index contributed by atoms with van der Waals surface area (Å²) in [7, 11) is 0. The average molecular weight is 449 g/mol. The summed E-state index contributed by atoms with van der Waals surface area (Å²) in [4.78, 5) is 19.5. The van der Waals surface area contributed by atoms with E-state index in [-0.39, 0.29) is 11.8 Å². The minimum Gasteiger partial charge on any atom is -0.298 e. The van der Waals surface area contributed by atoms with Gasteiger partial charge in [0.15, 0.2) is 5.78 Å². The fourth-order valence-corrected chi connectivity index (χ4v) is 4.38. The molecule has 3 aromatic rings. The van der Waals surface area contributed by atoms with E-state index in [4.69, 9.17) is 0 Å². The van der Waals surface area contributed by atoms with Gasteiger partial charge >= 0.3 is 0 Å². The number of halogens is 1. The maximum absolute atomic E-state index is 12.9. The predicted molar refractivity (Wildman–Crippen MR) is 121 cm³/mol. The first-order chi connectivity index (χ1) is 14.0. The zero-order valence-electron chi connectivity index (χ0n) is 16.9. The van der Waals surface area contributed by atoms with Crippen molar-refractivity contribution in [3.8, 4) is 11.1 Å². The minimum absolute atomic E-state index is 0.0790. The molecule has 2 heterocycles. The van der Waals surface area contributed by atoms with E-state index in [0.717, 1.165) is 46.4 Å². The fraction of sp³-hybridized carbons (Fsp3) is 0.280. The summed E-state index contributed by atoms with van der Waals surface area (Å²) >= 11 is 3.56. The number of nitrogens with zero attached hydrogens (tertiary/aromatic N) is 2. The lowest BCUT2D eigenvalue weighted by atomic mass is 9.96. The third-order valence-corrected chi connectivity index (χ3v) is 6.28. The molecular formula is C25H25BrN2O. The average Bonchev–Trinajstić information content (AvgIpc) is 2.73. The van der Waals surface area contributed by atoms with E-state index in [1.165, 1.54) is 11.1 Å². The van der Waals surface area contributed by atoms with E-state index in [9.17, 15) is 4.79 Å². The molecule has 0 fully saturated rings. The molecule has 0 N–H and O–H groups in total. The minimum atomic E-state index is -0.0790. The van der Waals surface area contributed by atoms with Gasteiger partial charge in [-0.25, -0.2) is 0 Å². The molecular weight excluding hydrogens is 424 g/mol. The quantitative estimate of drug-likeness (QED) is 0.525. The number of rotatable bonds is 5. The number of carbonyl (C=O) groups excluding carboxylic acids is 1. The van der Waals surface area contributed by atoms with Crippen LogP contribution in [0, 0.1) is 6.92 Å². The Kier molecular flexibility index (Phi) is 5.93. The van der Waals surface area contributed by atoms with Gasteiger partial charge in [-0.05, 0) is 72.4 Å². The maximum Gasteiger partial charge on any atom is 0.154 e. The molecule has 0 amide bonds. The predicted octanol–water partition coefficient (Wildman–Crippen LogP) is 5.38. The summed E-state index contributed by atoms with van der Waals surface area (Å²) in [5.41, 5.74) is 7.09. The number of benzene rings is 2. The Labute approximate surface area is 180 Å². The van der Waals surface area contributed by atoms with E-state index < -0.39 is 0 Å². The number of fused-ring (bicyclic) bond motifs is 1. The summed E-state index contributed by atoms with van der Waals surface area (Å²) in [5.74, 6) is 0.274. The summed E-state index contributed by atoms with van der Waals surface area (Å²) < 4.78 is 1.10. The van der Waals surface area contributed by atoms with Crippen molar-refractivity contribution in [1.29, 1.82) is 0 Å². The van der Waals surface area contributed by atoms with E-state index in [1.54, 1.807) is 0 Å². The van der Waals surface area contributed by atoms with Gasteiger partial charge in [-0.3, -0.25) is 14.7 Å². The highest BCUT2D eigenvalue weighted by Gasteiger charge is 2.25. The molecule has 1 unspecified atom stereocenters. The molecule has 0 radical (unpaired) electrons. The van der Waals surface area contributed by atoms with E-state index in [1.807, 2.05) is 26.1 Å². The van der Waals surface area contributed by atoms with Crippen LogP contribution in [0.1, 0.15) is 29.3 Å². The molecule has 4 rings (SSSR count). The van der Waals surface area contributed by atoms with Gasteiger partial charge in [-0.1, -0.05) is 46.3 Å². The van der Waals surface area contributed by atoms with Crippen LogP contribution in [0.25, 0.3) is 11.1 Å². The van der Waals surface area contributed by atoms with Gasteiger partial charge in [0.1, 0.15) is 0 Å². The molecule has 1 aliphatic heterocycles. The van der Waals surface area contributed by atoms with Gasteiger partial charge < -0.3 is 0 Å². The topological polar surface area (TPSA) is 33.2 Å². The first kappa shape index (κ1) is 20.0. The van der Waals surface area contributed by atoms with Crippen molar-refractivity contribution in [2.24, 2.45) is 0 Å². The van der Waals surface area contributed by atoms with Gasteiger partial charge in [0, 0.05) is 35.9 Å². The summed E-state index contributed by atoms with van der Waals surface area (Å²) in [6.07, 6.45) is 3.30. The summed E-state index contributed by atoms with van der Waals surface area (Å²) in [6.45, 7) is 5.80. The second-order valence-corrected chi connectivity index (χ2v) is 8.75. The molecule has 148 valence electrons. The molecule has 1 atom stereocenters. The van der Waals surface area contributed by atoms with Gasteiger partial charge in [0.25, 0.3) is 0 Å². The number of hydrogen-bond acceptors (Lipinski definition) is 3. The smallest absolute Gasteiger partial charge is 0.154 e. The number of ketones is 1. The monoisotopic (exact) mass is 448 g/mol. The lowest BCUT2D eigenvalue weighted by molar-refractivity contribution is -0.123. The molecule has 1 aromatic heterocycles. The third kappa shape index (κ3) is 4.65.